The Morgan fingerprint density at radius 1 is 1.33 bits per heavy atom. The van der Waals surface area contributed by atoms with Crippen molar-refractivity contribution in [3.63, 3.8) is 0 Å². The van der Waals surface area contributed by atoms with Crippen LogP contribution in [0.5, 0.6) is 0 Å². The number of unbranched alkanes of at least 4 members (excludes halogenated alkanes) is 1. The van der Waals surface area contributed by atoms with Gasteiger partial charge >= 0.3 is 0 Å². The van der Waals surface area contributed by atoms with Gasteiger partial charge in [0, 0.05) is 13.1 Å². The molecule has 0 bridgehead atoms. The minimum absolute atomic E-state index is 0.176. The first-order valence-electron chi connectivity index (χ1n) is 7.54. The molecular formula is C16H27N3O2. The van der Waals surface area contributed by atoms with Crippen LogP contribution in [-0.2, 0) is 11.3 Å². The van der Waals surface area contributed by atoms with Crippen LogP contribution in [0.3, 0.4) is 0 Å². The summed E-state index contributed by atoms with van der Waals surface area (Å²) in [6.45, 7) is 6.67. The Balaban J connectivity index is 2.65. The number of aliphatic hydroxyl groups excluding tert-OH is 1. The topological polar surface area (TPSA) is 78.6 Å². The van der Waals surface area contributed by atoms with Gasteiger partial charge in [0.05, 0.1) is 12.5 Å². The maximum Gasteiger partial charge on any atom is 0.241 e. The normalized spacial score (nSPS) is 12.4. The van der Waals surface area contributed by atoms with Gasteiger partial charge in [0.25, 0.3) is 0 Å². The lowest BCUT2D eigenvalue weighted by molar-refractivity contribution is -0.122. The fraction of sp³-hybridized carbons (Fsp3) is 0.562. The minimum Gasteiger partial charge on any atom is -0.395 e. The second-order valence-corrected chi connectivity index (χ2v) is 5.33. The van der Waals surface area contributed by atoms with Crippen LogP contribution >= 0.6 is 0 Å². The van der Waals surface area contributed by atoms with Crippen LogP contribution in [0.4, 0.5) is 0 Å². The standard InChI is InChI=1S/C16H27N3O2/c1-3-4-9-19(10-11-20)12-14-5-7-15(8-6-14)13(2)16(21)18-17/h5-8,13,20H,3-4,9-12,17H2,1-2H3,(H,18,21). The van der Waals surface area contributed by atoms with Gasteiger partial charge in [-0.3, -0.25) is 15.1 Å². The number of nitrogens with zero attached hydrogens (tertiary/aromatic N) is 1. The second kappa shape index (κ2) is 9.50. The molecule has 0 aliphatic heterocycles. The maximum atomic E-state index is 11.5. The Morgan fingerprint density at radius 3 is 2.52 bits per heavy atom. The average Bonchev–Trinajstić information content (AvgIpc) is 2.52. The largest absolute Gasteiger partial charge is 0.395 e. The summed E-state index contributed by atoms with van der Waals surface area (Å²) in [6, 6.07) is 8.00. The predicted octanol–water partition coefficient (Wildman–Crippen LogP) is 1.37. The van der Waals surface area contributed by atoms with Crippen molar-refractivity contribution in [2.45, 2.75) is 39.2 Å². The summed E-state index contributed by atoms with van der Waals surface area (Å²) in [5, 5.41) is 9.12. The second-order valence-electron chi connectivity index (χ2n) is 5.33. The van der Waals surface area contributed by atoms with Crippen molar-refractivity contribution in [2.24, 2.45) is 5.84 Å². The summed E-state index contributed by atoms with van der Waals surface area (Å²) in [6.07, 6.45) is 2.28. The highest BCUT2D eigenvalue weighted by Crippen LogP contribution is 2.16. The third kappa shape index (κ3) is 5.83. The van der Waals surface area contributed by atoms with E-state index in [-0.39, 0.29) is 18.4 Å². The predicted molar refractivity (Wildman–Crippen MR) is 84.5 cm³/mol. The van der Waals surface area contributed by atoms with E-state index < -0.39 is 0 Å². The SMILES string of the molecule is CCCCN(CCO)Cc1ccc(C(C)C(=O)NN)cc1. The minimum atomic E-state index is -0.252. The first-order valence-corrected chi connectivity index (χ1v) is 7.54. The fourth-order valence-corrected chi connectivity index (χ4v) is 2.24. The fourth-order valence-electron chi connectivity index (χ4n) is 2.24. The number of rotatable bonds is 9. The summed E-state index contributed by atoms with van der Waals surface area (Å²) in [5.74, 6) is 4.72. The molecule has 1 unspecified atom stereocenters. The molecule has 1 rings (SSSR count). The zero-order valence-corrected chi connectivity index (χ0v) is 13.0. The molecule has 0 aliphatic rings. The Kier molecular flexibility index (Phi) is 7.97. The molecule has 118 valence electrons. The van der Waals surface area contributed by atoms with E-state index in [1.54, 1.807) is 0 Å². The van der Waals surface area contributed by atoms with Gasteiger partial charge in [-0.25, -0.2) is 5.84 Å². The van der Waals surface area contributed by atoms with E-state index in [0.29, 0.717) is 6.54 Å². The Morgan fingerprint density at radius 2 is 2.00 bits per heavy atom. The highest BCUT2D eigenvalue weighted by atomic mass is 16.3. The molecule has 0 saturated heterocycles. The third-order valence-electron chi connectivity index (χ3n) is 3.67. The van der Waals surface area contributed by atoms with E-state index in [2.05, 4.69) is 17.2 Å². The number of hydrazine groups is 1. The van der Waals surface area contributed by atoms with Crippen molar-refractivity contribution in [1.29, 1.82) is 0 Å². The molecule has 5 heteroatoms. The molecule has 0 saturated carbocycles. The molecule has 1 aromatic rings. The highest BCUT2D eigenvalue weighted by Gasteiger charge is 2.13. The Hall–Kier alpha value is -1.43. The lowest BCUT2D eigenvalue weighted by Gasteiger charge is -2.21. The van der Waals surface area contributed by atoms with Gasteiger partial charge in [0.15, 0.2) is 0 Å². The average molecular weight is 293 g/mol. The van der Waals surface area contributed by atoms with Crippen molar-refractivity contribution in [3.8, 4) is 0 Å². The number of hydrogen-bond donors (Lipinski definition) is 3. The van der Waals surface area contributed by atoms with E-state index in [4.69, 9.17) is 10.9 Å². The number of aliphatic hydroxyl groups is 1. The maximum absolute atomic E-state index is 11.5. The third-order valence-corrected chi connectivity index (χ3v) is 3.67. The molecule has 21 heavy (non-hydrogen) atoms. The van der Waals surface area contributed by atoms with Crippen LogP contribution in [0.25, 0.3) is 0 Å². The zero-order valence-electron chi connectivity index (χ0n) is 13.0. The Labute approximate surface area is 127 Å². The van der Waals surface area contributed by atoms with Gasteiger partial charge in [0.2, 0.25) is 5.91 Å². The number of amides is 1. The van der Waals surface area contributed by atoms with E-state index in [1.165, 1.54) is 5.56 Å². The van der Waals surface area contributed by atoms with Crippen LogP contribution in [0.15, 0.2) is 24.3 Å². The molecule has 0 aromatic heterocycles. The molecule has 1 atom stereocenters. The van der Waals surface area contributed by atoms with Crippen LogP contribution in [-0.4, -0.2) is 35.6 Å². The number of hydrogen-bond acceptors (Lipinski definition) is 4. The van der Waals surface area contributed by atoms with Gasteiger partial charge < -0.3 is 5.11 Å². The summed E-state index contributed by atoms with van der Waals surface area (Å²) < 4.78 is 0. The van der Waals surface area contributed by atoms with Crippen molar-refractivity contribution >= 4 is 5.91 Å². The van der Waals surface area contributed by atoms with E-state index in [0.717, 1.165) is 31.5 Å². The monoisotopic (exact) mass is 293 g/mol. The molecule has 4 N–H and O–H groups in total. The lowest BCUT2D eigenvalue weighted by atomic mass is 9.99. The molecule has 0 aliphatic carbocycles. The molecule has 0 spiro atoms. The Bertz CT molecular complexity index is 420. The number of carbonyl (C=O) groups excluding carboxylic acids is 1. The number of carbonyl (C=O) groups is 1. The first kappa shape index (κ1) is 17.6. The quantitative estimate of drug-likeness (QED) is 0.365. The summed E-state index contributed by atoms with van der Waals surface area (Å²) in [4.78, 5) is 13.8. The summed E-state index contributed by atoms with van der Waals surface area (Å²) in [7, 11) is 0. The number of nitrogens with two attached hydrogens (primary N) is 1. The zero-order chi connectivity index (χ0) is 15.7. The van der Waals surface area contributed by atoms with E-state index in [1.807, 2.05) is 31.2 Å². The molecule has 0 fully saturated rings. The van der Waals surface area contributed by atoms with Gasteiger partial charge in [-0.2, -0.15) is 0 Å². The van der Waals surface area contributed by atoms with Gasteiger partial charge in [-0.1, -0.05) is 37.6 Å². The van der Waals surface area contributed by atoms with Gasteiger partial charge in [-0.15, -0.1) is 0 Å². The summed E-state index contributed by atoms with van der Waals surface area (Å²) in [5.41, 5.74) is 4.31. The van der Waals surface area contributed by atoms with Crippen molar-refractivity contribution in [1.82, 2.24) is 10.3 Å². The molecule has 0 heterocycles. The molecule has 0 radical (unpaired) electrons. The van der Waals surface area contributed by atoms with Crippen LogP contribution in [0.2, 0.25) is 0 Å². The lowest BCUT2D eigenvalue weighted by Crippen LogP contribution is -2.33. The van der Waals surface area contributed by atoms with Crippen LogP contribution < -0.4 is 11.3 Å². The smallest absolute Gasteiger partial charge is 0.241 e. The van der Waals surface area contributed by atoms with Crippen LogP contribution in [0.1, 0.15) is 43.7 Å². The van der Waals surface area contributed by atoms with Crippen molar-refractivity contribution in [3.05, 3.63) is 35.4 Å². The van der Waals surface area contributed by atoms with Crippen molar-refractivity contribution in [2.75, 3.05) is 19.7 Å². The molecular weight excluding hydrogens is 266 g/mol. The van der Waals surface area contributed by atoms with E-state index >= 15 is 0 Å². The molecule has 1 aromatic carbocycles. The molecule has 5 nitrogen and oxygen atoms in total. The number of benzene rings is 1. The van der Waals surface area contributed by atoms with Gasteiger partial charge in [-0.05, 0) is 31.0 Å². The first-order chi connectivity index (χ1) is 10.1. The molecule has 1 amide bonds. The number of nitrogens with one attached hydrogen (secondary N) is 1. The summed E-state index contributed by atoms with van der Waals surface area (Å²) >= 11 is 0. The van der Waals surface area contributed by atoms with Crippen molar-refractivity contribution < 1.29 is 9.90 Å². The van der Waals surface area contributed by atoms with Crippen LogP contribution in [0, 0.1) is 0 Å². The van der Waals surface area contributed by atoms with E-state index in [9.17, 15) is 4.79 Å². The highest BCUT2D eigenvalue weighted by molar-refractivity contribution is 5.82. The van der Waals surface area contributed by atoms with Gasteiger partial charge in [0.1, 0.15) is 0 Å².